The lowest BCUT2D eigenvalue weighted by Crippen LogP contribution is -2.32. The summed E-state index contributed by atoms with van der Waals surface area (Å²) in [6.45, 7) is 1.98. The van der Waals surface area contributed by atoms with Gasteiger partial charge >= 0.3 is 0 Å². The van der Waals surface area contributed by atoms with Crippen molar-refractivity contribution in [2.24, 2.45) is 0 Å². The second-order valence-electron chi connectivity index (χ2n) is 7.64. The summed E-state index contributed by atoms with van der Waals surface area (Å²) in [5, 5.41) is 2.85. The second kappa shape index (κ2) is 7.77. The lowest BCUT2D eigenvalue weighted by Gasteiger charge is -2.14. The van der Waals surface area contributed by atoms with Gasteiger partial charge in [0, 0.05) is 13.0 Å². The molecular weight excluding hydrogens is 406 g/mol. The van der Waals surface area contributed by atoms with Gasteiger partial charge in [-0.25, -0.2) is 4.98 Å². The number of carbonyl (C=O) groups excluding carboxylic acids is 3. The Hall–Kier alpha value is -4.26. The van der Waals surface area contributed by atoms with E-state index in [1.807, 2.05) is 37.3 Å². The molecule has 1 aliphatic rings. The molecule has 3 amide bonds. The summed E-state index contributed by atoms with van der Waals surface area (Å²) in [5.41, 5.74) is 4.42. The zero-order valence-electron chi connectivity index (χ0n) is 17.3. The summed E-state index contributed by atoms with van der Waals surface area (Å²) in [6.07, 6.45) is -0.0213. The fraction of sp³-hybridized carbons (Fsp3) is 0.120. The van der Waals surface area contributed by atoms with Gasteiger partial charge in [-0.3, -0.25) is 19.3 Å². The van der Waals surface area contributed by atoms with Gasteiger partial charge in [-0.05, 0) is 48.9 Å². The number of aryl methyl sites for hydroxylation is 1. The van der Waals surface area contributed by atoms with Crippen LogP contribution in [0.25, 0.3) is 22.6 Å². The predicted octanol–water partition coefficient (Wildman–Crippen LogP) is 4.43. The van der Waals surface area contributed by atoms with Crippen molar-refractivity contribution in [2.45, 2.75) is 13.3 Å². The molecule has 1 aromatic heterocycles. The topological polar surface area (TPSA) is 92.5 Å². The largest absolute Gasteiger partial charge is 0.436 e. The van der Waals surface area contributed by atoms with Crippen LogP contribution in [0.15, 0.2) is 71.1 Å². The van der Waals surface area contributed by atoms with Crippen LogP contribution in [0.1, 0.15) is 32.7 Å². The summed E-state index contributed by atoms with van der Waals surface area (Å²) in [6, 6.07) is 19.6. The molecule has 0 saturated carbocycles. The molecule has 0 fully saturated rings. The standard InChI is InChI=1S/C25H19N3O4/c1-15-10-11-21-20(14-15)27-23(32-21)18-8-4-5-9-19(18)26-22(29)12-13-28-24(30)16-6-2-3-7-17(16)25(28)31/h2-11,14H,12-13H2,1H3,(H,26,29). The Balaban J connectivity index is 1.31. The number of para-hydroxylation sites is 1. The average Bonchev–Trinajstić information content (AvgIpc) is 3.31. The van der Waals surface area contributed by atoms with Gasteiger partial charge in [0.05, 0.1) is 22.4 Å². The fourth-order valence-electron chi connectivity index (χ4n) is 3.80. The highest BCUT2D eigenvalue weighted by Crippen LogP contribution is 2.30. The zero-order chi connectivity index (χ0) is 22.2. The number of hydrogen-bond acceptors (Lipinski definition) is 5. The molecule has 32 heavy (non-hydrogen) atoms. The molecule has 1 N–H and O–H groups in total. The third kappa shape index (κ3) is 3.43. The number of imide groups is 1. The van der Waals surface area contributed by atoms with Crippen molar-refractivity contribution in [1.29, 1.82) is 0 Å². The number of hydrogen-bond donors (Lipinski definition) is 1. The number of rotatable bonds is 5. The Kier molecular flexibility index (Phi) is 4.78. The monoisotopic (exact) mass is 425 g/mol. The van der Waals surface area contributed by atoms with Gasteiger partial charge in [0.25, 0.3) is 11.8 Å². The van der Waals surface area contributed by atoms with Crippen molar-refractivity contribution in [3.05, 3.63) is 83.4 Å². The van der Waals surface area contributed by atoms with Crippen LogP contribution in [0.4, 0.5) is 5.69 Å². The number of amides is 3. The quantitative estimate of drug-likeness (QED) is 0.478. The number of carbonyl (C=O) groups is 3. The molecule has 7 nitrogen and oxygen atoms in total. The molecule has 0 saturated heterocycles. The lowest BCUT2D eigenvalue weighted by atomic mass is 10.1. The molecule has 4 aromatic rings. The molecule has 1 aliphatic heterocycles. The summed E-state index contributed by atoms with van der Waals surface area (Å²) in [5.74, 6) is -0.663. The molecule has 0 spiro atoms. The van der Waals surface area contributed by atoms with Crippen molar-refractivity contribution in [1.82, 2.24) is 9.88 Å². The third-order valence-corrected chi connectivity index (χ3v) is 5.42. The Morgan fingerprint density at radius 2 is 1.59 bits per heavy atom. The molecule has 0 unspecified atom stereocenters. The van der Waals surface area contributed by atoms with Gasteiger partial charge in [0.1, 0.15) is 5.52 Å². The highest BCUT2D eigenvalue weighted by Gasteiger charge is 2.35. The van der Waals surface area contributed by atoms with E-state index in [-0.39, 0.29) is 30.7 Å². The van der Waals surface area contributed by atoms with Gasteiger partial charge in [-0.1, -0.05) is 30.3 Å². The van der Waals surface area contributed by atoms with Crippen molar-refractivity contribution in [2.75, 3.05) is 11.9 Å². The second-order valence-corrected chi connectivity index (χ2v) is 7.64. The SMILES string of the molecule is Cc1ccc2oc(-c3ccccc3NC(=O)CCN3C(=O)c4ccccc4C3=O)nc2c1. The number of nitrogens with zero attached hydrogens (tertiary/aromatic N) is 2. The number of aromatic nitrogens is 1. The number of benzene rings is 3. The van der Waals surface area contributed by atoms with E-state index in [0.29, 0.717) is 33.9 Å². The summed E-state index contributed by atoms with van der Waals surface area (Å²) in [7, 11) is 0. The molecule has 2 heterocycles. The van der Waals surface area contributed by atoms with Crippen LogP contribution in [0, 0.1) is 6.92 Å². The summed E-state index contributed by atoms with van der Waals surface area (Å²) in [4.78, 5) is 43.3. The highest BCUT2D eigenvalue weighted by atomic mass is 16.3. The fourth-order valence-corrected chi connectivity index (χ4v) is 3.80. The van der Waals surface area contributed by atoms with E-state index in [1.165, 1.54) is 0 Å². The zero-order valence-corrected chi connectivity index (χ0v) is 17.3. The van der Waals surface area contributed by atoms with Gasteiger partial charge in [0.15, 0.2) is 5.58 Å². The first-order valence-corrected chi connectivity index (χ1v) is 10.2. The Bertz CT molecular complexity index is 1350. The number of anilines is 1. The minimum Gasteiger partial charge on any atom is -0.436 e. The van der Waals surface area contributed by atoms with E-state index in [0.717, 1.165) is 16.0 Å². The normalized spacial score (nSPS) is 13.0. The van der Waals surface area contributed by atoms with Crippen LogP contribution >= 0.6 is 0 Å². The van der Waals surface area contributed by atoms with Crippen LogP contribution in [0.2, 0.25) is 0 Å². The van der Waals surface area contributed by atoms with Crippen molar-refractivity contribution in [3.63, 3.8) is 0 Å². The van der Waals surface area contributed by atoms with E-state index >= 15 is 0 Å². The first-order valence-electron chi connectivity index (χ1n) is 10.2. The van der Waals surface area contributed by atoms with Crippen LogP contribution in [0.3, 0.4) is 0 Å². The predicted molar refractivity (Wildman–Crippen MR) is 119 cm³/mol. The molecule has 3 aromatic carbocycles. The first kappa shape index (κ1) is 19.7. The van der Waals surface area contributed by atoms with Gasteiger partial charge in [-0.2, -0.15) is 0 Å². The Labute approximate surface area is 183 Å². The maximum Gasteiger partial charge on any atom is 0.261 e. The summed E-state index contributed by atoms with van der Waals surface area (Å²) < 4.78 is 5.88. The van der Waals surface area contributed by atoms with E-state index in [1.54, 1.807) is 36.4 Å². The minimum atomic E-state index is -0.374. The van der Waals surface area contributed by atoms with E-state index in [9.17, 15) is 14.4 Å². The molecule has 5 rings (SSSR count). The highest BCUT2D eigenvalue weighted by molar-refractivity contribution is 6.21. The smallest absolute Gasteiger partial charge is 0.261 e. The molecule has 0 radical (unpaired) electrons. The molecule has 0 bridgehead atoms. The number of nitrogens with one attached hydrogen (secondary N) is 1. The van der Waals surface area contributed by atoms with Gasteiger partial charge in [-0.15, -0.1) is 0 Å². The Morgan fingerprint density at radius 1 is 0.938 bits per heavy atom. The molecule has 7 heteroatoms. The van der Waals surface area contributed by atoms with Crippen molar-refractivity contribution in [3.8, 4) is 11.5 Å². The minimum absolute atomic E-state index is 0.00249. The lowest BCUT2D eigenvalue weighted by molar-refractivity contribution is -0.116. The van der Waals surface area contributed by atoms with E-state index < -0.39 is 0 Å². The van der Waals surface area contributed by atoms with Crippen LogP contribution in [-0.4, -0.2) is 34.2 Å². The van der Waals surface area contributed by atoms with Crippen molar-refractivity contribution >= 4 is 34.5 Å². The van der Waals surface area contributed by atoms with E-state index in [2.05, 4.69) is 10.3 Å². The summed E-state index contributed by atoms with van der Waals surface area (Å²) >= 11 is 0. The molecule has 0 aliphatic carbocycles. The molecular formula is C25H19N3O4. The van der Waals surface area contributed by atoms with Crippen LogP contribution in [-0.2, 0) is 4.79 Å². The maximum absolute atomic E-state index is 12.6. The number of oxazole rings is 1. The van der Waals surface area contributed by atoms with Gasteiger partial charge < -0.3 is 9.73 Å². The molecule has 0 atom stereocenters. The maximum atomic E-state index is 12.6. The number of fused-ring (bicyclic) bond motifs is 2. The van der Waals surface area contributed by atoms with Crippen molar-refractivity contribution < 1.29 is 18.8 Å². The van der Waals surface area contributed by atoms with Crippen LogP contribution in [0.5, 0.6) is 0 Å². The first-order chi connectivity index (χ1) is 15.5. The Morgan fingerprint density at radius 3 is 2.31 bits per heavy atom. The average molecular weight is 425 g/mol. The van der Waals surface area contributed by atoms with Gasteiger partial charge in [0.2, 0.25) is 11.8 Å². The van der Waals surface area contributed by atoms with Crippen LogP contribution < -0.4 is 5.32 Å². The van der Waals surface area contributed by atoms with E-state index in [4.69, 9.17) is 4.42 Å². The molecule has 158 valence electrons. The third-order valence-electron chi connectivity index (χ3n) is 5.42.